The van der Waals surface area contributed by atoms with E-state index in [1.54, 1.807) is 0 Å². The summed E-state index contributed by atoms with van der Waals surface area (Å²) in [6.45, 7) is 0. The first kappa shape index (κ1) is 16.6. The van der Waals surface area contributed by atoms with E-state index in [-0.39, 0.29) is 6.42 Å². The molecule has 0 amide bonds. The smallest absolute Gasteiger partial charge is 0.172 e. The zero-order valence-corrected chi connectivity index (χ0v) is 14.8. The van der Waals surface area contributed by atoms with Crippen molar-refractivity contribution >= 4 is 35.7 Å². The lowest BCUT2D eigenvalue weighted by molar-refractivity contribution is 0.592. The zero-order chi connectivity index (χ0) is 17.0. The van der Waals surface area contributed by atoms with Gasteiger partial charge < -0.3 is 4.57 Å². The van der Waals surface area contributed by atoms with Gasteiger partial charge in [-0.25, -0.2) is 0 Å². The van der Waals surface area contributed by atoms with E-state index < -0.39 is 7.14 Å². The summed E-state index contributed by atoms with van der Waals surface area (Å²) in [4.78, 5) is 0.674. The maximum atomic E-state index is 14.3. The van der Waals surface area contributed by atoms with Crippen molar-refractivity contribution < 1.29 is 4.57 Å². The van der Waals surface area contributed by atoms with E-state index in [9.17, 15) is 4.57 Å². The van der Waals surface area contributed by atoms with E-state index in [1.807, 2.05) is 78.9 Å². The summed E-state index contributed by atoms with van der Waals surface area (Å²) in [5.74, 6) is 0. The number of benzene rings is 3. The molecular formula is C20H16NOPS. The number of hydrogen-bond donors (Lipinski definition) is 1. The highest BCUT2D eigenvalue weighted by Crippen LogP contribution is 2.44. The molecule has 118 valence electrons. The Bertz CT molecular complexity index is 889. The third kappa shape index (κ3) is 3.04. The van der Waals surface area contributed by atoms with E-state index in [1.165, 1.54) is 0 Å². The maximum absolute atomic E-state index is 14.3. The molecule has 0 radical (unpaired) electrons. The number of rotatable bonds is 4. The molecule has 0 aromatic heterocycles. The van der Waals surface area contributed by atoms with Crippen molar-refractivity contribution in [2.75, 3.05) is 0 Å². The summed E-state index contributed by atoms with van der Waals surface area (Å²) in [5, 5.41) is 11.2. The molecule has 0 atom stereocenters. The van der Waals surface area contributed by atoms with Crippen LogP contribution in [-0.4, -0.2) is 0 Å². The van der Waals surface area contributed by atoms with Gasteiger partial charge in [-0.15, -0.1) is 12.6 Å². The van der Waals surface area contributed by atoms with E-state index in [2.05, 4.69) is 18.7 Å². The van der Waals surface area contributed by atoms with E-state index >= 15 is 0 Å². The summed E-state index contributed by atoms with van der Waals surface area (Å²) in [6.07, 6.45) is 0.282. The lowest BCUT2D eigenvalue weighted by Crippen LogP contribution is -2.26. The fraction of sp³-hybridized carbons (Fsp3) is 0.0500. The van der Waals surface area contributed by atoms with Crippen molar-refractivity contribution in [2.24, 2.45) is 0 Å². The summed E-state index contributed by atoms with van der Waals surface area (Å²) >= 11 is 4.55. The van der Waals surface area contributed by atoms with Gasteiger partial charge in [0.1, 0.15) is 0 Å². The van der Waals surface area contributed by atoms with Gasteiger partial charge in [0.05, 0.1) is 12.5 Å². The second-order valence-electron chi connectivity index (χ2n) is 5.44. The first-order valence-corrected chi connectivity index (χ1v) is 9.72. The molecule has 0 aliphatic carbocycles. The third-order valence-corrected chi connectivity index (χ3v) is 7.57. The van der Waals surface area contributed by atoms with Crippen molar-refractivity contribution in [2.45, 2.75) is 11.3 Å². The van der Waals surface area contributed by atoms with Crippen molar-refractivity contribution in [1.29, 1.82) is 5.26 Å². The number of nitrogens with zero attached hydrogens (tertiary/aromatic N) is 1. The SMILES string of the molecule is N#CCc1ccc(S)c(P(=O)(c2ccccc2)c2ccccc2)c1. The van der Waals surface area contributed by atoms with Gasteiger partial charge >= 0.3 is 0 Å². The Hall–Kier alpha value is -2.27. The second kappa shape index (κ2) is 7.09. The highest BCUT2D eigenvalue weighted by atomic mass is 32.1. The maximum Gasteiger partial charge on any atom is 0.172 e. The van der Waals surface area contributed by atoms with Gasteiger partial charge in [-0.3, -0.25) is 0 Å². The first-order valence-electron chi connectivity index (χ1n) is 7.57. The minimum absolute atomic E-state index is 0.282. The predicted octanol–water partition coefficient (Wildman–Crippen LogP) is 3.68. The van der Waals surface area contributed by atoms with Gasteiger partial charge in [0.25, 0.3) is 0 Å². The molecule has 3 aromatic rings. The van der Waals surface area contributed by atoms with Crippen LogP contribution in [0.1, 0.15) is 5.56 Å². The zero-order valence-electron chi connectivity index (χ0n) is 13.0. The van der Waals surface area contributed by atoms with Gasteiger partial charge in [-0.1, -0.05) is 66.7 Å². The van der Waals surface area contributed by atoms with E-state index in [0.717, 1.165) is 16.2 Å². The van der Waals surface area contributed by atoms with Crippen LogP contribution in [-0.2, 0) is 11.0 Å². The average molecular weight is 349 g/mol. The van der Waals surface area contributed by atoms with Gasteiger partial charge in [0, 0.05) is 20.8 Å². The van der Waals surface area contributed by atoms with Crippen LogP contribution in [0.4, 0.5) is 0 Å². The molecule has 0 bridgehead atoms. The number of nitriles is 1. The molecule has 0 saturated carbocycles. The fourth-order valence-electron chi connectivity index (χ4n) is 2.73. The van der Waals surface area contributed by atoms with Crippen LogP contribution in [0.15, 0.2) is 83.8 Å². The van der Waals surface area contributed by atoms with Crippen LogP contribution in [0.3, 0.4) is 0 Å². The minimum Gasteiger partial charge on any atom is -0.309 e. The molecule has 0 unspecified atom stereocenters. The Balaban J connectivity index is 2.30. The molecule has 0 saturated heterocycles. The van der Waals surface area contributed by atoms with E-state index in [0.29, 0.717) is 10.2 Å². The lowest BCUT2D eigenvalue weighted by Gasteiger charge is -2.22. The second-order valence-corrected chi connectivity index (χ2v) is 8.65. The van der Waals surface area contributed by atoms with Gasteiger partial charge in [-0.05, 0) is 17.7 Å². The van der Waals surface area contributed by atoms with Crippen LogP contribution < -0.4 is 15.9 Å². The van der Waals surface area contributed by atoms with Gasteiger partial charge in [0.2, 0.25) is 0 Å². The normalized spacial score (nSPS) is 11.0. The molecule has 3 rings (SSSR count). The van der Waals surface area contributed by atoms with Crippen molar-refractivity contribution in [1.82, 2.24) is 0 Å². The number of hydrogen-bond acceptors (Lipinski definition) is 3. The van der Waals surface area contributed by atoms with Gasteiger partial charge in [0.15, 0.2) is 7.14 Å². The standard InChI is InChI=1S/C20H16NOPS/c21-14-13-16-11-12-20(24)19(15-16)23(22,17-7-3-1-4-8-17)18-9-5-2-6-10-18/h1-12,15,24H,13H2. The molecule has 0 heterocycles. The topological polar surface area (TPSA) is 40.9 Å². The molecule has 0 spiro atoms. The third-order valence-electron chi connectivity index (χ3n) is 3.90. The van der Waals surface area contributed by atoms with Crippen LogP contribution in [0.25, 0.3) is 0 Å². The quantitative estimate of drug-likeness (QED) is 0.577. The summed E-state index contributed by atoms with van der Waals surface area (Å²) < 4.78 is 14.3. The number of thiol groups is 1. The molecule has 3 aromatic carbocycles. The largest absolute Gasteiger partial charge is 0.309 e. The molecule has 24 heavy (non-hydrogen) atoms. The first-order chi connectivity index (χ1) is 11.7. The molecule has 0 N–H and O–H groups in total. The Labute approximate surface area is 147 Å². The van der Waals surface area contributed by atoms with Crippen molar-refractivity contribution in [3.05, 3.63) is 84.4 Å². The Morgan fingerprint density at radius 3 is 1.92 bits per heavy atom. The molecule has 0 aliphatic rings. The highest BCUT2D eigenvalue weighted by molar-refractivity contribution is 7.87. The van der Waals surface area contributed by atoms with Crippen LogP contribution in [0.5, 0.6) is 0 Å². The molecule has 2 nitrogen and oxygen atoms in total. The lowest BCUT2D eigenvalue weighted by atomic mass is 10.2. The van der Waals surface area contributed by atoms with Crippen LogP contribution >= 0.6 is 19.8 Å². The summed E-state index contributed by atoms with van der Waals surface area (Å²) in [6, 6.07) is 26.6. The van der Waals surface area contributed by atoms with Crippen LogP contribution in [0, 0.1) is 11.3 Å². The monoisotopic (exact) mass is 349 g/mol. The molecule has 0 fully saturated rings. The highest BCUT2D eigenvalue weighted by Gasteiger charge is 2.31. The Morgan fingerprint density at radius 1 is 0.875 bits per heavy atom. The Kier molecular flexibility index (Phi) is 4.90. The minimum atomic E-state index is -3.05. The van der Waals surface area contributed by atoms with Crippen molar-refractivity contribution in [3.8, 4) is 6.07 Å². The molecule has 4 heteroatoms. The molecular weight excluding hydrogens is 333 g/mol. The summed E-state index contributed by atoms with van der Waals surface area (Å²) in [7, 11) is -3.05. The van der Waals surface area contributed by atoms with E-state index in [4.69, 9.17) is 5.26 Å². The average Bonchev–Trinajstić information content (AvgIpc) is 2.64. The summed E-state index contributed by atoms with van der Waals surface area (Å²) in [5.41, 5.74) is 0.845. The van der Waals surface area contributed by atoms with Crippen LogP contribution in [0.2, 0.25) is 0 Å². The van der Waals surface area contributed by atoms with Gasteiger partial charge in [-0.2, -0.15) is 5.26 Å². The molecule has 0 aliphatic heterocycles. The predicted molar refractivity (Wildman–Crippen MR) is 102 cm³/mol. The van der Waals surface area contributed by atoms with Crippen molar-refractivity contribution in [3.63, 3.8) is 0 Å². The fourth-order valence-corrected chi connectivity index (χ4v) is 6.07. The Morgan fingerprint density at radius 2 is 1.42 bits per heavy atom.